The number of aliphatic carboxylic acids is 1. The third kappa shape index (κ3) is 14.9. The predicted molar refractivity (Wildman–Crippen MR) is 188 cm³/mol. The molecule has 5 atom stereocenters. The fourth-order valence-electron chi connectivity index (χ4n) is 5.41. The van der Waals surface area contributed by atoms with E-state index in [0.29, 0.717) is 12.0 Å². The number of carboxylic acids is 1. The first kappa shape index (κ1) is 42.9. The Morgan fingerprint density at radius 1 is 0.923 bits per heavy atom. The van der Waals surface area contributed by atoms with Crippen molar-refractivity contribution in [2.45, 2.75) is 96.9 Å². The van der Waals surface area contributed by atoms with Crippen molar-refractivity contribution in [1.82, 2.24) is 36.8 Å². The van der Waals surface area contributed by atoms with Gasteiger partial charge in [0.1, 0.15) is 36.8 Å². The van der Waals surface area contributed by atoms with Gasteiger partial charge < -0.3 is 46.6 Å². The minimum atomic E-state index is -1.31. The van der Waals surface area contributed by atoms with E-state index in [-0.39, 0.29) is 38.1 Å². The van der Waals surface area contributed by atoms with Crippen LogP contribution in [0.3, 0.4) is 0 Å². The molecule has 1 aromatic rings. The van der Waals surface area contributed by atoms with Gasteiger partial charge in [0.2, 0.25) is 29.5 Å². The molecular formula is C35H53N7O10. The fourth-order valence-corrected chi connectivity index (χ4v) is 5.41. The molecule has 7 N–H and O–H groups in total. The number of benzene rings is 1. The predicted octanol–water partition coefficient (Wildman–Crippen LogP) is -0.172. The van der Waals surface area contributed by atoms with Gasteiger partial charge in [-0.15, -0.1) is 0 Å². The smallest absolute Gasteiger partial charge is 0.326 e. The molecule has 0 aliphatic carbocycles. The van der Waals surface area contributed by atoms with Crippen molar-refractivity contribution in [2.75, 3.05) is 26.7 Å². The van der Waals surface area contributed by atoms with Gasteiger partial charge in [-0.2, -0.15) is 0 Å². The molecule has 0 unspecified atom stereocenters. The second kappa shape index (κ2) is 21.2. The Balaban J connectivity index is 2.39. The summed E-state index contributed by atoms with van der Waals surface area (Å²) in [5, 5.41) is 25.2. The van der Waals surface area contributed by atoms with Crippen molar-refractivity contribution < 1.29 is 48.2 Å². The molecule has 17 nitrogen and oxygen atoms in total. The SMILES string of the molecule is CC(=O)OC[C@@H]1NC(=O)CN(C)C(=O)[C@H](CC(C)C)NC(=O)[C@H](C(C)C)NC(=O)[C@H](NC(=O)N[C@H](Cc2ccccc2)C(=O)O)CCCCNC1=O. The maximum Gasteiger partial charge on any atom is 0.326 e. The molecule has 1 saturated heterocycles. The summed E-state index contributed by atoms with van der Waals surface area (Å²) in [4.78, 5) is 104. The van der Waals surface area contributed by atoms with E-state index in [4.69, 9.17) is 4.74 Å². The van der Waals surface area contributed by atoms with E-state index >= 15 is 0 Å². The van der Waals surface area contributed by atoms with E-state index in [1.165, 1.54) is 7.05 Å². The van der Waals surface area contributed by atoms with Gasteiger partial charge in [-0.1, -0.05) is 58.0 Å². The Bertz CT molecular complexity index is 1420. The first-order chi connectivity index (χ1) is 24.5. The van der Waals surface area contributed by atoms with Crippen molar-refractivity contribution in [2.24, 2.45) is 11.8 Å². The van der Waals surface area contributed by atoms with Crippen LogP contribution in [0.25, 0.3) is 0 Å². The van der Waals surface area contributed by atoms with Gasteiger partial charge in [-0.25, -0.2) is 9.59 Å². The van der Waals surface area contributed by atoms with Gasteiger partial charge in [0.15, 0.2) is 0 Å². The quantitative estimate of drug-likeness (QED) is 0.157. The van der Waals surface area contributed by atoms with Crippen molar-refractivity contribution in [1.29, 1.82) is 0 Å². The van der Waals surface area contributed by atoms with E-state index in [1.807, 2.05) is 13.8 Å². The number of likely N-dealkylation sites (N-methyl/N-ethyl adjacent to an activating group) is 1. The van der Waals surface area contributed by atoms with Gasteiger partial charge in [0.05, 0.1) is 6.54 Å². The van der Waals surface area contributed by atoms with Crippen molar-refractivity contribution in [3.8, 4) is 0 Å². The highest BCUT2D eigenvalue weighted by atomic mass is 16.5. The van der Waals surface area contributed by atoms with Crippen LogP contribution in [0.2, 0.25) is 0 Å². The molecule has 52 heavy (non-hydrogen) atoms. The second-order valence-electron chi connectivity index (χ2n) is 13.6. The van der Waals surface area contributed by atoms with Crippen LogP contribution in [0.5, 0.6) is 0 Å². The van der Waals surface area contributed by atoms with Crippen LogP contribution in [-0.2, 0) is 44.7 Å². The molecule has 0 aromatic heterocycles. The minimum absolute atomic E-state index is 0.0138. The van der Waals surface area contributed by atoms with Crippen molar-refractivity contribution >= 4 is 47.5 Å². The number of nitrogens with zero attached hydrogens (tertiary/aromatic N) is 1. The molecule has 0 bridgehead atoms. The van der Waals surface area contributed by atoms with Crippen LogP contribution in [0.4, 0.5) is 4.79 Å². The Morgan fingerprint density at radius 3 is 2.19 bits per heavy atom. The molecule has 288 valence electrons. The number of ether oxygens (including phenoxy) is 1. The third-order valence-corrected chi connectivity index (χ3v) is 8.16. The fraction of sp³-hybridized carbons (Fsp3) is 0.600. The van der Waals surface area contributed by atoms with Gasteiger partial charge in [0.25, 0.3) is 0 Å². The summed E-state index contributed by atoms with van der Waals surface area (Å²) in [6, 6.07) is 1.73. The Labute approximate surface area is 303 Å². The highest BCUT2D eigenvalue weighted by Crippen LogP contribution is 2.12. The van der Waals surface area contributed by atoms with Gasteiger partial charge in [0, 0.05) is 26.9 Å². The lowest BCUT2D eigenvalue weighted by Crippen LogP contribution is -2.59. The molecule has 0 radical (unpaired) electrons. The molecule has 1 aliphatic rings. The Kier molecular flexibility index (Phi) is 17.5. The number of hydrogen-bond donors (Lipinski definition) is 7. The summed E-state index contributed by atoms with van der Waals surface area (Å²) >= 11 is 0. The van der Waals surface area contributed by atoms with Crippen molar-refractivity contribution in [3.63, 3.8) is 0 Å². The zero-order valence-corrected chi connectivity index (χ0v) is 30.7. The number of esters is 1. The zero-order valence-electron chi connectivity index (χ0n) is 30.7. The standard InChI is InChI=1S/C35H53N7O10/c1-20(2)16-25-33(48)42(6)18-28(44)37-27(19-52-22(5)43)30(45)36-15-11-10-14-24(31(46)41-29(21(3)4)32(47)38-25)39-35(51)40-26(34(49)50)17-23-12-8-7-9-13-23/h7-9,12-13,20-21,24-27,29H,10-11,14-19H2,1-6H3,(H,36,45)(H,37,44)(H,38,47)(H,41,46)(H,49,50)(H2,39,40,51)/t24-,25+,26-,27+,29+/m1/s1. The lowest BCUT2D eigenvalue weighted by Gasteiger charge is -2.29. The van der Waals surface area contributed by atoms with Crippen LogP contribution in [0, 0.1) is 11.8 Å². The summed E-state index contributed by atoms with van der Waals surface area (Å²) < 4.78 is 4.97. The second-order valence-corrected chi connectivity index (χ2v) is 13.6. The van der Waals surface area contributed by atoms with Gasteiger partial charge in [-0.3, -0.25) is 28.8 Å². The highest BCUT2D eigenvalue weighted by molar-refractivity contribution is 5.96. The van der Waals surface area contributed by atoms with E-state index < -0.39 is 96.8 Å². The molecule has 7 amide bonds. The van der Waals surface area contributed by atoms with Crippen LogP contribution >= 0.6 is 0 Å². The molecular weight excluding hydrogens is 678 g/mol. The summed E-state index contributed by atoms with van der Waals surface area (Å²) in [7, 11) is 1.36. The Morgan fingerprint density at radius 2 is 1.60 bits per heavy atom. The van der Waals surface area contributed by atoms with E-state index in [0.717, 1.165) is 11.8 Å². The molecule has 1 heterocycles. The number of hydrogen-bond acceptors (Lipinski definition) is 9. The third-order valence-electron chi connectivity index (χ3n) is 8.16. The lowest BCUT2D eigenvalue weighted by molar-refractivity contribution is -0.144. The summed E-state index contributed by atoms with van der Waals surface area (Å²) in [6.07, 6.45) is 0.803. The minimum Gasteiger partial charge on any atom is -0.480 e. The first-order valence-corrected chi connectivity index (χ1v) is 17.4. The maximum absolute atomic E-state index is 13.7. The highest BCUT2D eigenvalue weighted by Gasteiger charge is 2.34. The van der Waals surface area contributed by atoms with Crippen LogP contribution in [0.1, 0.15) is 65.9 Å². The van der Waals surface area contributed by atoms with E-state index in [1.54, 1.807) is 44.2 Å². The summed E-state index contributed by atoms with van der Waals surface area (Å²) in [5.74, 6) is -5.82. The lowest BCUT2D eigenvalue weighted by atomic mass is 9.99. The van der Waals surface area contributed by atoms with Crippen molar-refractivity contribution in [3.05, 3.63) is 35.9 Å². The molecule has 2 rings (SSSR count). The van der Waals surface area contributed by atoms with E-state index in [2.05, 4.69) is 31.9 Å². The average Bonchev–Trinajstić information content (AvgIpc) is 3.06. The summed E-state index contributed by atoms with van der Waals surface area (Å²) in [5.41, 5.74) is 0.669. The number of carbonyl (C=O) groups is 8. The molecule has 1 aromatic carbocycles. The molecule has 1 aliphatic heterocycles. The normalized spacial score (nSPS) is 22.1. The Hall–Kier alpha value is -5.22. The monoisotopic (exact) mass is 731 g/mol. The number of nitrogens with one attached hydrogen (secondary N) is 6. The van der Waals surface area contributed by atoms with Crippen LogP contribution in [0.15, 0.2) is 30.3 Å². The topological polar surface area (TPSA) is 241 Å². The molecule has 0 spiro atoms. The van der Waals surface area contributed by atoms with Crippen LogP contribution in [-0.4, -0.2) is 114 Å². The average molecular weight is 732 g/mol. The number of carbonyl (C=O) groups excluding carboxylic acids is 7. The molecule has 1 fully saturated rings. The van der Waals surface area contributed by atoms with E-state index in [9.17, 15) is 43.5 Å². The number of carboxylic acid groups (broad SMARTS) is 1. The molecule has 17 heteroatoms. The van der Waals surface area contributed by atoms with Gasteiger partial charge >= 0.3 is 18.0 Å². The number of amides is 7. The van der Waals surface area contributed by atoms with Gasteiger partial charge in [-0.05, 0) is 43.1 Å². The summed E-state index contributed by atoms with van der Waals surface area (Å²) in [6.45, 7) is 7.37. The number of rotatable bonds is 10. The molecule has 0 saturated carbocycles. The zero-order chi connectivity index (χ0) is 39.0. The number of urea groups is 1. The first-order valence-electron chi connectivity index (χ1n) is 17.4. The van der Waals surface area contributed by atoms with Crippen LogP contribution < -0.4 is 31.9 Å². The largest absolute Gasteiger partial charge is 0.480 e. The maximum atomic E-state index is 13.7.